The normalized spacial score (nSPS) is 16.3. The highest BCUT2D eigenvalue weighted by Gasteiger charge is 2.29. The molecule has 80 valence electrons. The van der Waals surface area contributed by atoms with Gasteiger partial charge >= 0.3 is 0 Å². The van der Waals surface area contributed by atoms with Gasteiger partial charge in [-0.3, -0.25) is 4.79 Å². The lowest BCUT2D eigenvalue weighted by Gasteiger charge is -2.23. The summed E-state index contributed by atoms with van der Waals surface area (Å²) in [6.45, 7) is 2.08. The number of aryl methyl sites for hydroxylation is 1. The minimum absolute atomic E-state index is 0.317. The summed E-state index contributed by atoms with van der Waals surface area (Å²) in [5, 5.41) is 0. The summed E-state index contributed by atoms with van der Waals surface area (Å²) in [5.41, 5.74) is 2.11. The molecule has 0 N–H and O–H groups in total. The van der Waals surface area contributed by atoms with Crippen LogP contribution < -0.4 is 4.74 Å². The van der Waals surface area contributed by atoms with Gasteiger partial charge < -0.3 is 4.74 Å². The van der Waals surface area contributed by atoms with E-state index >= 15 is 0 Å². The van der Waals surface area contributed by atoms with Crippen LogP contribution in [0.2, 0.25) is 0 Å². The maximum absolute atomic E-state index is 10.9. The van der Waals surface area contributed by atoms with E-state index in [2.05, 4.69) is 11.9 Å². The Labute approximate surface area is 89.5 Å². The van der Waals surface area contributed by atoms with E-state index < -0.39 is 0 Å². The van der Waals surface area contributed by atoms with Crippen molar-refractivity contribution in [2.24, 2.45) is 0 Å². The van der Waals surface area contributed by atoms with E-state index in [0.29, 0.717) is 30.4 Å². The van der Waals surface area contributed by atoms with Crippen molar-refractivity contribution in [3.63, 3.8) is 0 Å². The van der Waals surface area contributed by atoms with Gasteiger partial charge in [0.15, 0.2) is 0 Å². The molecule has 0 aromatic carbocycles. The van der Waals surface area contributed by atoms with Crippen molar-refractivity contribution < 1.29 is 9.53 Å². The van der Waals surface area contributed by atoms with Crippen LogP contribution in [0.1, 0.15) is 36.9 Å². The fraction of sp³-hybridized carbons (Fsp3) is 0.500. The Hall–Kier alpha value is -1.38. The molecule has 1 heterocycles. The molecule has 0 aliphatic heterocycles. The molecule has 1 aromatic rings. The molecule has 0 spiro atoms. The zero-order valence-corrected chi connectivity index (χ0v) is 9.12. The zero-order chi connectivity index (χ0) is 10.8. The third-order valence-corrected chi connectivity index (χ3v) is 2.90. The minimum atomic E-state index is 0.317. The maximum Gasteiger partial charge on any atom is 0.216 e. The third kappa shape index (κ3) is 1.87. The fourth-order valence-corrected chi connectivity index (χ4v) is 1.86. The van der Waals surface area contributed by atoms with Gasteiger partial charge in [0.25, 0.3) is 0 Å². The molecule has 3 heteroatoms. The number of carbonyl (C=O) groups excluding carboxylic acids is 1. The second-order valence-corrected chi connectivity index (χ2v) is 3.90. The molecule has 0 unspecified atom stereocenters. The second-order valence-electron chi connectivity index (χ2n) is 3.90. The Balaban J connectivity index is 2.23. The molecule has 15 heavy (non-hydrogen) atoms. The van der Waals surface area contributed by atoms with Crippen LogP contribution in [0.5, 0.6) is 5.88 Å². The SMILES string of the molecule is CCc1ccc(C2CC(=O)C2)nc1OC. The van der Waals surface area contributed by atoms with Gasteiger partial charge in [0.2, 0.25) is 5.88 Å². The minimum Gasteiger partial charge on any atom is -0.481 e. The van der Waals surface area contributed by atoms with Gasteiger partial charge in [0, 0.05) is 30.0 Å². The Morgan fingerprint density at radius 3 is 2.73 bits per heavy atom. The molecule has 1 saturated carbocycles. The number of nitrogens with zero attached hydrogens (tertiary/aromatic N) is 1. The van der Waals surface area contributed by atoms with E-state index in [1.807, 2.05) is 12.1 Å². The van der Waals surface area contributed by atoms with E-state index in [1.54, 1.807) is 7.11 Å². The highest BCUT2D eigenvalue weighted by molar-refractivity contribution is 5.86. The molecule has 0 bridgehead atoms. The fourth-order valence-electron chi connectivity index (χ4n) is 1.86. The van der Waals surface area contributed by atoms with Gasteiger partial charge in [-0.2, -0.15) is 0 Å². The maximum atomic E-state index is 10.9. The number of rotatable bonds is 3. The first kappa shape index (κ1) is 10.1. The van der Waals surface area contributed by atoms with Crippen LogP contribution in [0, 0.1) is 0 Å². The van der Waals surface area contributed by atoms with Gasteiger partial charge in [0.1, 0.15) is 5.78 Å². The first-order valence-corrected chi connectivity index (χ1v) is 5.30. The van der Waals surface area contributed by atoms with Crippen molar-refractivity contribution in [2.75, 3.05) is 7.11 Å². The van der Waals surface area contributed by atoms with Crippen molar-refractivity contribution in [1.82, 2.24) is 4.98 Å². The summed E-state index contributed by atoms with van der Waals surface area (Å²) >= 11 is 0. The summed E-state index contributed by atoms with van der Waals surface area (Å²) in [4.78, 5) is 15.3. The largest absolute Gasteiger partial charge is 0.481 e. The number of ether oxygens (including phenoxy) is 1. The van der Waals surface area contributed by atoms with E-state index in [-0.39, 0.29) is 0 Å². The number of hydrogen-bond donors (Lipinski definition) is 0. The average molecular weight is 205 g/mol. The Bertz CT molecular complexity index is 379. The van der Waals surface area contributed by atoms with Crippen LogP contribution in [0.15, 0.2) is 12.1 Å². The van der Waals surface area contributed by atoms with Crippen LogP contribution >= 0.6 is 0 Å². The van der Waals surface area contributed by atoms with Gasteiger partial charge in [0.05, 0.1) is 7.11 Å². The first-order valence-electron chi connectivity index (χ1n) is 5.30. The monoisotopic (exact) mass is 205 g/mol. The number of carbonyl (C=O) groups is 1. The van der Waals surface area contributed by atoms with Gasteiger partial charge in [-0.05, 0) is 12.5 Å². The number of pyridine rings is 1. The molecule has 1 fully saturated rings. The molecule has 1 aliphatic carbocycles. The summed E-state index contributed by atoms with van der Waals surface area (Å²) in [6, 6.07) is 4.06. The van der Waals surface area contributed by atoms with Gasteiger partial charge in [-0.25, -0.2) is 4.98 Å². The van der Waals surface area contributed by atoms with Crippen molar-refractivity contribution in [3.8, 4) is 5.88 Å². The van der Waals surface area contributed by atoms with Crippen molar-refractivity contribution in [3.05, 3.63) is 23.4 Å². The average Bonchev–Trinajstić information content (AvgIpc) is 2.24. The number of Topliss-reactive ketones (excluding diaryl/α,β-unsaturated/α-hetero) is 1. The first-order chi connectivity index (χ1) is 7.24. The summed E-state index contributed by atoms with van der Waals surface area (Å²) in [6.07, 6.45) is 2.20. The van der Waals surface area contributed by atoms with E-state index in [0.717, 1.165) is 17.7 Å². The topological polar surface area (TPSA) is 39.2 Å². The van der Waals surface area contributed by atoms with Crippen LogP contribution in [-0.4, -0.2) is 17.9 Å². The van der Waals surface area contributed by atoms with E-state index in [4.69, 9.17) is 4.74 Å². The zero-order valence-electron chi connectivity index (χ0n) is 9.12. The van der Waals surface area contributed by atoms with Gasteiger partial charge in [-0.1, -0.05) is 13.0 Å². The molecule has 1 aromatic heterocycles. The number of aromatic nitrogens is 1. The summed E-state index contributed by atoms with van der Waals surface area (Å²) < 4.78 is 5.23. The van der Waals surface area contributed by atoms with Crippen molar-refractivity contribution in [1.29, 1.82) is 0 Å². The molecule has 2 rings (SSSR count). The second kappa shape index (κ2) is 4.01. The molecule has 0 amide bonds. The van der Waals surface area contributed by atoms with E-state index in [1.165, 1.54) is 0 Å². The van der Waals surface area contributed by atoms with Crippen molar-refractivity contribution in [2.45, 2.75) is 32.1 Å². The molecule has 0 radical (unpaired) electrons. The quantitative estimate of drug-likeness (QED) is 0.758. The predicted octanol–water partition coefficient (Wildman–Crippen LogP) is 2.10. The lowest BCUT2D eigenvalue weighted by atomic mass is 9.81. The molecule has 0 atom stereocenters. The highest BCUT2D eigenvalue weighted by atomic mass is 16.5. The lowest BCUT2D eigenvalue weighted by Crippen LogP contribution is -2.22. The van der Waals surface area contributed by atoms with E-state index in [9.17, 15) is 4.79 Å². The van der Waals surface area contributed by atoms with Crippen LogP contribution in [-0.2, 0) is 11.2 Å². The molecular weight excluding hydrogens is 190 g/mol. The number of ketones is 1. The number of hydrogen-bond acceptors (Lipinski definition) is 3. The standard InChI is InChI=1S/C12H15NO2/c1-3-8-4-5-11(13-12(8)15-2)9-6-10(14)7-9/h4-5,9H,3,6-7H2,1-2H3. The molecule has 0 saturated heterocycles. The van der Waals surface area contributed by atoms with Crippen molar-refractivity contribution >= 4 is 5.78 Å². The van der Waals surface area contributed by atoms with Crippen LogP contribution in [0.25, 0.3) is 0 Å². The Kier molecular flexibility index (Phi) is 2.71. The lowest BCUT2D eigenvalue weighted by molar-refractivity contribution is -0.124. The van der Waals surface area contributed by atoms with Crippen LogP contribution in [0.4, 0.5) is 0 Å². The summed E-state index contributed by atoms with van der Waals surface area (Å²) in [7, 11) is 1.64. The smallest absolute Gasteiger partial charge is 0.216 e. The Morgan fingerprint density at radius 1 is 1.47 bits per heavy atom. The Morgan fingerprint density at radius 2 is 2.20 bits per heavy atom. The number of methoxy groups -OCH3 is 1. The molecule has 1 aliphatic rings. The highest BCUT2D eigenvalue weighted by Crippen LogP contribution is 2.33. The summed E-state index contributed by atoms with van der Waals surface area (Å²) in [5.74, 6) is 1.35. The molecule has 3 nitrogen and oxygen atoms in total. The molecular formula is C12H15NO2. The van der Waals surface area contributed by atoms with Gasteiger partial charge in [-0.15, -0.1) is 0 Å². The third-order valence-electron chi connectivity index (χ3n) is 2.90. The predicted molar refractivity (Wildman–Crippen MR) is 57.1 cm³/mol. The van der Waals surface area contributed by atoms with Crippen LogP contribution in [0.3, 0.4) is 0 Å².